The van der Waals surface area contributed by atoms with Gasteiger partial charge in [0.2, 0.25) is 15.9 Å². The third-order valence-corrected chi connectivity index (χ3v) is 9.66. The fraction of sp³-hybridized carbons (Fsp3) is 0.452. The van der Waals surface area contributed by atoms with E-state index in [-0.39, 0.29) is 37.1 Å². The maximum absolute atomic E-state index is 13.4. The molecule has 0 radical (unpaired) electrons. The molecule has 210 valence electrons. The molecule has 1 unspecified atom stereocenters. The number of carbonyl (C=O) groups is 1. The molecule has 39 heavy (non-hydrogen) atoms. The Morgan fingerprint density at radius 3 is 2.28 bits per heavy atom. The average molecular weight is 552 g/mol. The molecule has 0 spiro atoms. The molecule has 2 aromatic carbocycles. The zero-order valence-electron chi connectivity index (χ0n) is 24.2. The number of aromatic nitrogens is 1. The number of amides is 1. The number of likely N-dealkylation sites (N-methyl/N-ethyl adjacent to an activating group) is 1. The highest BCUT2D eigenvalue weighted by Crippen LogP contribution is 2.34. The molecule has 0 bridgehead atoms. The van der Waals surface area contributed by atoms with Gasteiger partial charge >= 0.3 is 0 Å². The lowest BCUT2D eigenvalue weighted by molar-refractivity contribution is -0.138. The van der Waals surface area contributed by atoms with Crippen molar-refractivity contribution in [3.63, 3.8) is 0 Å². The molecule has 1 aliphatic heterocycles. The second-order valence-corrected chi connectivity index (χ2v) is 13.6. The molecule has 1 atom stereocenters. The minimum Gasteiger partial charge on any atom is -0.370 e. The molecule has 1 aliphatic rings. The largest absolute Gasteiger partial charge is 0.370 e. The maximum Gasteiger partial charge on any atom is 0.249 e. The van der Waals surface area contributed by atoms with Gasteiger partial charge in [0.05, 0.1) is 17.5 Å². The smallest absolute Gasteiger partial charge is 0.249 e. The summed E-state index contributed by atoms with van der Waals surface area (Å²) in [5.41, 5.74) is 5.92. The van der Waals surface area contributed by atoms with E-state index < -0.39 is 10.0 Å². The third kappa shape index (κ3) is 6.13. The van der Waals surface area contributed by atoms with Crippen molar-refractivity contribution >= 4 is 15.9 Å². The lowest BCUT2D eigenvalue weighted by Gasteiger charge is -2.37. The number of sulfonamides is 1. The zero-order valence-corrected chi connectivity index (χ0v) is 25.0. The molecule has 7 nitrogen and oxygen atoms in total. The van der Waals surface area contributed by atoms with E-state index in [0.717, 1.165) is 34.5 Å². The summed E-state index contributed by atoms with van der Waals surface area (Å²) in [5, 5.41) is 0. The van der Waals surface area contributed by atoms with Crippen LogP contribution in [0.1, 0.15) is 60.3 Å². The highest BCUT2D eigenvalue weighted by atomic mass is 32.2. The van der Waals surface area contributed by atoms with E-state index in [1.807, 2.05) is 43.9 Å². The van der Waals surface area contributed by atoms with Crippen LogP contribution in [0.5, 0.6) is 0 Å². The van der Waals surface area contributed by atoms with Crippen LogP contribution in [0.15, 0.2) is 59.6 Å². The molecule has 0 fully saturated rings. The minimum atomic E-state index is -3.67. The Balaban J connectivity index is 1.42. The van der Waals surface area contributed by atoms with Crippen molar-refractivity contribution in [1.29, 1.82) is 0 Å². The van der Waals surface area contributed by atoms with Crippen LogP contribution in [-0.2, 0) is 31.5 Å². The summed E-state index contributed by atoms with van der Waals surface area (Å²) in [6.07, 6.45) is 2.05. The summed E-state index contributed by atoms with van der Waals surface area (Å²) < 4.78 is 35.7. The number of benzene rings is 2. The van der Waals surface area contributed by atoms with Crippen LogP contribution in [-0.4, -0.2) is 61.4 Å². The molecule has 0 saturated carbocycles. The predicted octanol–water partition coefficient (Wildman–Crippen LogP) is 4.98. The van der Waals surface area contributed by atoms with Gasteiger partial charge in [-0.25, -0.2) is 8.42 Å². The van der Waals surface area contributed by atoms with Crippen molar-refractivity contribution in [3.05, 3.63) is 88.2 Å². The third-order valence-electron chi connectivity index (χ3n) is 7.50. The molecule has 1 amide bonds. The van der Waals surface area contributed by atoms with Crippen molar-refractivity contribution < 1.29 is 17.9 Å². The first-order valence-electron chi connectivity index (χ1n) is 13.5. The van der Waals surface area contributed by atoms with Crippen LogP contribution in [0, 0.1) is 20.8 Å². The van der Waals surface area contributed by atoms with Crippen molar-refractivity contribution in [3.8, 4) is 0 Å². The number of hydrogen-bond acceptors (Lipinski definition) is 4. The number of hydrogen-bond donors (Lipinski definition) is 0. The minimum absolute atomic E-state index is 0.0478. The van der Waals surface area contributed by atoms with E-state index in [2.05, 4.69) is 61.9 Å². The van der Waals surface area contributed by atoms with Gasteiger partial charge in [-0.1, -0.05) is 62.7 Å². The Hall–Kier alpha value is -2.94. The van der Waals surface area contributed by atoms with Gasteiger partial charge in [-0.2, -0.15) is 4.31 Å². The van der Waals surface area contributed by atoms with Gasteiger partial charge in [0, 0.05) is 38.6 Å². The zero-order chi connectivity index (χ0) is 28.5. The van der Waals surface area contributed by atoms with Gasteiger partial charge < -0.3 is 14.2 Å². The Labute approximate surface area is 233 Å². The van der Waals surface area contributed by atoms with Gasteiger partial charge in [0.15, 0.2) is 0 Å². The fourth-order valence-electron chi connectivity index (χ4n) is 5.45. The summed E-state index contributed by atoms with van der Waals surface area (Å²) in [5.74, 6) is -0.108. The first kappa shape index (κ1) is 29.1. The molecule has 0 saturated heterocycles. The predicted molar refractivity (Wildman–Crippen MR) is 154 cm³/mol. The van der Waals surface area contributed by atoms with E-state index in [4.69, 9.17) is 4.74 Å². The highest BCUT2D eigenvalue weighted by molar-refractivity contribution is 7.89. The normalized spacial score (nSPS) is 16.0. The van der Waals surface area contributed by atoms with Gasteiger partial charge in [0.1, 0.15) is 6.61 Å². The van der Waals surface area contributed by atoms with Gasteiger partial charge in [0.25, 0.3) is 0 Å². The lowest BCUT2D eigenvalue weighted by atomic mass is 9.86. The lowest BCUT2D eigenvalue weighted by Crippen LogP contribution is -2.44. The van der Waals surface area contributed by atoms with Crippen LogP contribution >= 0.6 is 0 Å². The Kier molecular flexibility index (Phi) is 8.40. The van der Waals surface area contributed by atoms with Crippen LogP contribution in [0.2, 0.25) is 0 Å². The molecule has 0 aliphatic carbocycles. The molecular formula is C31H41N3O4S. The van der Waals surface area contributed by atoms with Crippen LogP contribution < -0.4 is 0 Å². The van der Waals surface area contributed by atoms with Crippen molar-refractivity contribution in [2.24, 2.45) is 0 Å². The SMILES string of the molecule is Cc1cc(C)c(S(=O)(=O)N(C)CCOCC(=O)N2CCn3cccc3C2c2ccc(C(C)(C)C)cc2)c(C)c1. The molecule has 1 aromatic heterocycles. The van der Waals surface area contributed by atoms with E-state index in [9.17, 15) is 13.2 Å². The van der Waals surface area contributed by atoms with Crippen LogP contribution in [0.25, 0.3) is 0 Å². The average Bonchev–Trinajstić information content (AvgIpc) is 3.33. The van der Waals surface area contributed by atoms with Crippen LogP contribution in [0.3, 0.4) is 0 Å². The van der Waals surface area contributed by atoms with E-state index >= 15 is 0 Å². The van der Waals surface area contributed by atoms with Crippen molar-refractivity contribution in [2.75, 3.05) is 33.4 Å². The Morgan fingerprint density at radius 1 is 1.03 bits per heavy atom. The van der Waals surface area contributed by atoms with Gasteiger partial charge in [-0.3, -0.25) is 4.79 Å². The highest BCUT2D eigenvalue weighted by Gasteiger charge is 2.32. The molecule has 8 heteroatoms. The fourth-order valence-corrected chi connectivity index (χ4v) is 7.01. The molecule has 3 aromatic rings. The van der Waals surface area contributed by atoms with Crippen molar-refractivity contribution in [2.45, 2.75) is 64.4 Å². The maximum atomic E-state index is 13.4. The standard InChI is InChI=1S/C31H41N3O4S/c1-22-19-23(2)30(24(3)20-22)39(36,37)32(7)17-18-38-21-28(35)34-16-15-33-14-8-9-27(33)29(34)25-10-12-26(13-11-25)31(4,5)6/h8-14,19-20,29H,15-18,21H2,1-7H3. The number of aryl methyl sites for hydroxylation is 3. The molecule has 2 heterocycles. The summed E-state index contributed by atoms with van der Waals surface area (Å²) in [7, 11) is -2.12. The van der Waals surface area contributed by atoms with E-state index in [1.165, 1.54) is 9.87 Å². The number of nitrogens with zero attached hydrogens (tertiary/aromatic N) is 3. The summed E-state index contributed by atoms with van der Waals surface area (Å²) in [6, 6.07) is 16.2. The monoisotopic (exact) mass is 551 g/mol. The number of carbonyl (C=O) groups excluding carboxylic acids is 1. The summed E-state index contributed by atoms with van der Waals surface area (Å²) in [6.45, 7) is 13.6. The van der Waals surface area contributed by atoms with E-state index in [0.29, 0.717) is 11.4 Å². The molecule has 4 rings (SSSR count). The molecule has 0 N–H and O–H groups in total. The van der Waals surface area contributed by atoms with Crippen molar-refractivity contribution in [1.82, 2.24) is 13.8 Å². The van der Waals surface area contributed by atoms with Crippen LogP contribution in [0.4, 0.5) is 0 Å². The molecular weight excluding hydrogens is 510 g/mol. The first-order valence-corrected chi connectivity index (χ1v) is 14.9. The number of rotatable bonds is 8. The number of ether oxygens (including phenoxy) is 1. The Bertz CT molecular complexity index is 1410. The first-order chi connectivity index (χ1) is 18.3. The topological polar surface area (TPSA) is 71.8 Å². The second kappa shape index (κ2) is 11.3. The van der Waals surface area contributed by atoms with Gasteiger partial charge in [-0.05, 0) is 60.6 Å². The Morgan fingerprint density at radius 2 is 1.67 bits per heavy atom. The number of fused-ring (bicyclic) bond motifs is 1. The quantitative estimate of drug-likeness (QED) is 0.370. The summed E-state index contributed by atoms with van der Waals surface area (Å²) >= 11 is 0. The van der Waals surface area contributed by atoms with Gasteiger partial charge in [-0.15, -0.1) is 0 Å². The van der Waals surface area contributed by atoms with E-state index in [1.54, 1.807) is 7.05 Å². The second-order valence-electron chi connectivity index (χ2n) is 11.6. The summed E-state index contributed by atoms with van der Waals surface area (Å²) in [4.78, 5) is 15.6.